The number of rotatable bonds is 5. The normalized spacial score (nSPS) is 17.9. The van der Waals surface area contributed by atoms with Crippen LogP contribution in [0.5, 0.6) is 0 Å². The van der Waals surface area contributed by atoms with E-state index in [1.54, 1.807) is 4.90 Å². The number of ether oxygens (including phenoxy) is 1. The van der Waals surface area contributed by atoms with Gasteiger partial charge in [-0.05, 0) is 58.2 Å². The number of hydrogen-bond donors (Lipinski definition) is 2. The summed E-state index contributed by atoms with van der Waals surface area (Å²) in [6, 6.07) is 4.32. The van der Waals surface area contributed by atoms with Gasteiger partial charge in [0.05, 0.1) is 12.6 Å². The standard InChI is InChI=1S/C21H34N6O2/c1-5-22-19(25-17-14-27(15-17)20(28)29-21(2,3)4)24-13-16-8-9-23-18(12-16)26-10-6-7-11-26/h8-9,12,17H,5-7,10-11,13-15H2,1-4H3,(H2,22,24,25). The van der Waals surface area contributed by atoms with Crippen molar-refractivity contribution in [3.05, 3.63) is 23.9 Å². The lowest BCUT2D eigenvalue weighted by Crippen LogP contribution is -2.63. The minimum absolute atomic E-state index is 0.179. The molecule has 160 valence electrons. The quantitative estimate of drug-likeness (QED) is 0.581. The molecular weight excluding hydrogens is 368 g/mol. The summed E-state index contributed by atoms with van der Waals surface area (Å²) in [6.45, 7) is 12.5. The highest BCUT2D eigenvalue weighted by Gasteiger charge is 2.34. The third kappa shape index (κ3) is 6.24. The number of pyridine rings is 1. The van der Waals surface area contributed by atoms with Crippen LogP contribution >= 0.6 is 0 Å². The molecule has 0 bridgehead atoms. The van der Waals surface area contributed by atoms with Gasteiger partial charge < -0.3 is 25.2 Å². The fourth-order valence-corrected chi connectivity index (χ4v) is 3.41. The largest absolute Gasteiger partial charge is 0.444 e. The van der Waals surface area contributed by atoms with Gasteiger partial charge in [-0.25, -0.2) is 14.8 Å². The van der Waals surface area contributed by atoms with Gasteiger partial charge in [-0.15, -0.1) is 0 Å². The average Bonchev–Trinajstić information content (AvgIpc) is 3.15. The van der Waals surface area contributed by atoms with E-state index >= 15 is 0 Å². The number of aromatic nitrogens is 1. The van der Waals surface area contributed by atoms with Gasteiger partial charge >= 0.3 is 6.09 Å². The van der Waals surface area contributed by atoms with E-state index in [4.69, 9.17) is 9.73 Å². The fraction of sp³-hybridized carbons (Fsp3) is 0.667. The Morgan fingerprint density at radius 3 is 2.69 bits per heavy atom. The summed E-state index contributed by atoms with van der Waals surface area (Å²) in [7, 11) is 0. The summed E-state index contributed by atoms with van der Waals surface area (Å²) < 4.78 is 5.40. The van der Waals surface area contributed by atoms with Crippen molar-refractivity contribution in [2.75, 3.05) is 37.6 Å². The van der Waals surface area contributed by atoms with Crippen LogP contribution in [0.1, 0.15) is 46.1 Å². The van der Waals surface area contributed by atoms with Crippen LogP contribution in [0.25, 0.3) is 0 Å². The predicted octanol–water partition coefficient (Wildman–Crippen LogP) is 2.36. The van der Waals surface area contributed by atoms with Crippen molar-refractivity contribution in [3.63, 3.8) is 0 Å². The molecule has 0 aliphatic carbocycles. The summed E-state index contributed by atoms with van der Waals surface area (Å²) in [5.41, 5.74) is 0.674. The van der Waals surface area contributed by atoms with Crippen molar-refractivity contribution < 1.29 is 9.53 Å². The van der Waals surface area contributed by atoms with Crippen molar-refractivity contribution in [2.24, 2.45) is 4.99 Å². The van der Waals surface area contributed by atoms with Gasteiger partial charge in [-0.3, -0.25) is 0 Å². The van der Waals surface area contributed by atoms with Gasteiger partial charge in [0.1, 0.15) is 11.4 Å². The van der Waals surface area contributed by atoms with Gasteiger partial charge in [-0.2, -0.15) is 0 Å². The lowest BCUT2D eigenvalue weighted by Gasteiger charge is -2.40. The molecule has 0 unspecified atom stereocenters. The Morgan fingerprint density at radius 2 is 2.03 bits per heavy atom. The van der Waals surface area contributed by atoms with E-state index in [1.165, 1.54) is 12.8 Å². The van der Waals surface area contributed by atoms with E-state index in [9.17, 15) is 4.79 Å². The van der Waals surface area contributed by atoms with Crippen molar-refractivity contribution in [3.8, 4) is 0 Å². The van der Waals surface area contributed by atoms with Crippen molar-refractivity contribution in [1.82, 2.24) is 20.5 Å². The predicted molar refractivity (Wildman–Crippen MR) is 115 cm³/mol. The Kier molecular flexibility index (Phi) is 6.82. The Balaban J connectivity index is 1.52. The zero-order chi connectivity index (χ0) is 20.9. The Labute approximate surface area is 173 Å². The summed E-state index contributed by atoms with van der Waals surface area (Å²) in [5.74, 6) is 1.81. The molecule has 1 aromatic rings. The van der Waals surface area contributed by atoms with Crippen LogP contribution in [0.15, 0.2) is 23.3 Å². The smallest absolute Gasteiger partial charge is 0.410 e. The number of carbonyl (C=O) groups is 1. The molecule has 8 heteroatoms. The lowest BCUT2D eigenvalue weighted by atomic mass is 10.1. The molecule has 1 amide bonds. The molecule has 0 spiro atoms. The van der Waals surface area contributed by atoms with E-state index in [2.05, 4.69) is 26.6 Å². The molecule has 2 aliphatic heterocycles. The second-order valence-corrected chi connectivity index (χ2v) is 8.64. The highest BCUT2D eigenvalue weighted by Crippen LogP contribution is 2.19. The van der Waals surface area contributed by atoms with Crippen LogP contribution in [0, 0.1) is 0 Å². The third-order valence-electron chi connectivity index (χ3n) is 4.88. The van der Waals surface area contributed by atoms with Gasteiger partial charge in [0.2, 0.25) is 0 Å². The molecule has 3 rings (SSSR count). The van der Waals surface area contributed by atoms with Gasteiger partial charge in [-0.1, -0.05) is 0 Å². The summed E-state index contributed by atoms with van der Waals surface area (Å²) in [4.78, 5) is 25.3. The number of anilines is 1. The lowest BCUT2D eigenvalue weighted by molar-refractivity contribution is 0.00701. The van der Waals surface area contributed by atoms with Crippen molar-refractivity contribution >= 4 is 17.9 Å². The highest BCUT2D eigenvalue weighted by atomic mass is 16.6. The first-order valence-electron chi connectivity index (χ1n) is 10.6. The maximum absolute atomic E-state index is 12.1. The van der Waals surface area contributed by atoms with Gasteiger partial charge in [0, 0.05) is 38.9 Å². The maximum Gasteiger partial charge on any atom is 0.410 e. The number of nitrogens with zero attached hydrogens (tertiary/aromatic N) is 4. The molecule has 0 radical (unpaired) electrons. The number of guanidine groups is 1. The Morgan fingerprint density at radius 1 is 1.31 bits per heavy atom. The molecule has 0 atom stereocenters. The zero-order valence-electron chi connectivity index (χ0n) is 18.1. The van der Waals surface area contributed by atoms with Crippen LogP contribution in [-0.2, 0) is 11.3 Å². The molecule has 1 aromatic heterocycles. The number of carbonyl (C=O) groups excluding carboxylic acids is 1. The minimum Gasteiger partial charge on any atom is -0.444 e. The van der Waals surface area contributed by atoms with E-state index < -0.39 is 5.60 Å². The first-order valence-corrected chi connectivity index (χ1v) is 10.6. The second-order valence-electron chi connectivity index (χ2n) is 8.64. The topological polar surface area (TPSA) is 82.1 Å². The van der Waals surface area contributed by atoms with E-state index in [0.717, 1.165) is 37.0 Å². The van der Waals surface area contributed by atoms with Gasteiger partial charge in [0.15, 0.2) is 5.96 Å². The van der Waals surface area contributed by atoms with Crippen LogP contribution in [0.2, 0.25) is 0 Å². The average molecular weight is 403 g/mol. The van der Waals surface area contributed by atoms with E-state index in [1.807, 2.05) is 40.0 Å². The highest BCUT2D eigenvalue weighted by molar-refractivity contribution is 5.80. The number of hydrogen-bond acceptors (Lipinski definition) is 5. The first-order chi connectivity index (χ1) is 13.8. The number of amides is 1. The SMILES string of the molecule is CCNC(=NCc1ccnc(N2CCCC2)c1)NC1CN(C(=O)OC(C)(C)C)C1. The molecule has 2 N–H and O–H groups in total. The summed E-state index contributed by atoms with van der Waals surface area (Å²) in [6.07, 6.45) is 4.08. The first kappa shape index (κ1) is 21.2. The minimum atomic E-state index is -0.468. The maximum atomic E-state index is 12.1. The summed E-state index contributed by atoms with van der Waals surface area (Å²) >= 11 is 0. The molecule has 2 fully saturated rings. The molecule has 0 saturated carbocycles. The molecule has 3 heterocycles. The number of nitrogens with one attached hydrogen (secondary N) is 2. The summed E-state index contributed by atoms with van der Waals surface area (Å²) in [5, 5.41) is 6.69. The van der Waals surface area contributed by atoms with E-state index in [-0.39, 0.29) is 12.1 Å². The number of aliphatic imine (C=N–C) groups is 1. The van der Waals surface area contributed by atoms with Crippen molar-refractivity contribution in [1.29, 1.82) is 0 Å². The molecule has 29 heavy (non-hydrogen) atoms. The number of likely N-dealkylation sites (tertiary alicyclic amines) is 1. The molecule has 2 aliphatic rings. The Bertz CT molecular complexity index is 718. The van der Waals surface area contributed by atoms with Crippen molar-refractivity contribution in [2.45, 2.75) is 58.7 Å². The fourth-order valence-electron chi connectivity index (χ4n) is 3.41. The van der Waals surface area contributed by atoms with Crippen LogP contribution in [0.4, 0.5) is 10.6 Å². The van der Waals surface area contributed by atoms with Crippen LogP contribution in [0.3, 0.4) is 0 Å². The monoisotopic (exact) mass is 402 g/mol. The van der Waals surface area contributed by atoms with Gasteiger partial charge in [0.25, 0.3) is 0 Å². The molecule has 0 aromatic carbocycles. The second kappa shape index (κ2) is 9.33. The molecule has 8 nitrogen and oxygen atoms in total. The zero-order valence-corrected chi connectivity index (χ0v) is 18.1. The molecule has 2 saturated heterocycles. The van der Waals surface area contributed by atoms with E-state index in [0.29, 0.717) is 19.6 Å². The molecular formula is C21H34N6O2. The van der Waals surface area contributed by atoms with Crippen LogP contribution < -0.4 is 15.5 Å². The Hall–Kier alpha value is -2.51. The van der Waals surface area contributed by atoms with Crippen LogP contribution in [-0.4, -0.2) is 66.3 Å². The third-order valence-corrected chi connectivity index (χ3v) is 4.88.